The van der Waals surface area contributed by atoms with Gasteiger partial charge in [0.25, 0.3) is 0 Å². The fraction of sp³-hybridized carbons (Fsp3) is 0.458. The molecular weight excluding hydrogens is 462 g/mol. The van der Waals surface area contributed by atoms with E-state index >= 15 is 0 Å². The van der Waals surface area contributed by atoms with Crippen LogP contribution in [0.5, 0.6) is 0 Å². The van der Waals surface area contributed by atoms with Crippen LogP contribution in [-0.4, -0.2) is 37.6 Å². The molecule has 1 atom stereocenters. The van der Waals surface area contributed by atoms with Crippen LogP contribution in [0.1, 0.15) is 47.4 Å². The maximum absolute atomic E-state index is 13.1. The molecule has 0 aliphatic rings. The molecular formula is C24H28F6N2O2. The highest BCUT2D eigenvalue weighted by molar-refractivity contribution is 5.75. The van der Waals surface area contributed by atoms with Crippen molar-refractivity contribution in [2.45, 2.75) is 44.1 Å². The number of alkyl halides is 6. The van der Waals surface area contributed by atoms with Gasteiger partial charge in [0, 0.05) is 25.9 Å². The molecule has 0 aliphatic carbocycles. The molecule has 0 aromatic heterocycles. The van der Waals surface area contributed by atoms with Gasteiger partial charge in [-0.25, -0.2) is 0 Å². The Labute approximate surface area is 194 Å². The van der Waals surface area contributed by atoms with Crippen molar-refractivity contribution in [3.63, 3.8) is 0 Å². The van der Waals surface area contributed by atoms with E-state index in [1.165, 1.54) is 0 Å². The molecule has 0 saturated carbocycles. The van der Waals surface area contributed by atoms with Gasteiger partial charge in [-0.05, 0) is 48.7 Å². The van der Waals surface area contributed by atoms with Gasteiger partial charge >= 0.3 is 12.4 Å². The van der Waals surface area contributed by atoms with E-state index in [0.717, 1.165) is 12.0 Å². The molecule has 0 heterocycles. The summed E-state index contributed by atoms with van der Waals surface area (Å²) in [5.74, 6) is -0.403. The number of carbonyl (C=O) groups excluding carboxylic acids is 1. The number of ether oxygens (including phenoxy) is 1. The maximum Gasteiger partial charge on any atom is 0.416 e. The Bertz CT molecular complexity index is 884. The predicted molar refractivity (Wildman–Crippen MR) is 116 cm³/mol. The smallest absolute Gasteiger partial charge is 0.376 e. The molecule has 0 fully saturated rings. The van der Waals surface area contributed by atoms with Gasteiger partial charge in [-0.15, -0.1) is 0 Å². The van der Waals surface area contributed by atoms with Crippen molar-refractivity contribution in [1.29, 1.82) is 0 Å². The largest absolute Gasteiger partial charge is 0.416 e. The van der Waals surface area contributed by atoms with E-state index < -0.39 is 30.1 Å². The Kier molecular flexibility index (Phi) is 9.93. The molecule has 1 unspecified atom stereocenters. The molecule has 2 rings (SSSR count). The van der Waals surface area contributed by atoms with Crippen molar-refractivity contribution in [1.82, 2.24) is 4.90 Å². The Hall–Kier alpha value is -2.59. The first-order valence-corrected chi connectivity index (χ1v) is 10.8. The number of likely N-dealkylation sites (N-methyl/N-ethyl adjacent to an activating group) is 1. The number of carbonyl (C=O) groups is 1. The van der Waals surface area contributed by atoms with Gasteiger partial charge in [0.1, 0.15) is 0 Å². The molecule has 2 N–H and O–H groups in total. The Morgan fingerprint density at radius 1 is 0.971 bits per heavy atom. The molecule has 2 aromatic rings. The third-order valence-electron chi connectivity index (χ3n) is 5.27. The first-order valence-electron chi connectivity index (χ1n) is 10.8. The van der Waals surface area contributed by atoms with Crippen LogP contribution in [0.15, 0.2) is 48.5 Å². The summed E-state index contributed by atoms with van der Waals surface area (Å²) in [5.41, 5.74) is 3.28. The minimum Gasteiger partial charge on any atom is -0.376 e. The summed E-state index contributed by atoms with van der Waals surface area (Å²) in [7, 11) is 1.64. The van der Waals surface area contributed by atoms with Crippen LogP contribution in [-0.2, 0) is 28.5 Å². The average Bonchev–Trinajstić information content (AvgIpc) is 2.77. The molecule has 10 heteroatoms. The zero-order valence-electron chi connectivity index (χ0n) is 18.8. The zero-order chi connectivity index (χ0) is 25.4. The Balaban J connectivity index is 2.13. The van der Waals surface area contributed by atoms with Gasteiger partial charge in [0.05, 0.1) is 24.3 Å². The second-order valence-corrected chi connectivity index (χ2v) is 8.06. The lowest BCUT2D eigenvalue weighted by Crippen LogP contribution is -2.32. The molecule has 0 bridgehead atoms. The average molecular weight is 490 g/mol. The van der Waals surface area contributed by atoms with Crippen molar-refractivity contribution < 1.29 is 35.9 Å². The molecule has 0 spiro atoms. The number of nitrogens with zero attached hydrogens (tertiary/aromatic N) is 1. The minimum absolute atomic E-state index is 0.00201. The number of hydrogen-bond donors (Lipinski definition) is 1. The zero-order valence-corrected chi connectivity index (χ0v) is 18.8. The molecule has 4 nitrogen and oxygen atoms in total. The Morgan fingerprint density at radius 3 is 2.09 bits per heavy atom. The standard InChI is InChI=1S/C24H28F6N2O2/c1-32(22(33)9-5-6-10-31)14-19(18-7-3-2-4-8-18)16-34-15-17-11-20(23(25,26)27)13-21(12-17)24(28,29)30/h2-4,7-8,11-13,19H,5-6,9-10,14-16,31H2,1H3. The molecule has 188 valence electrons. The molecule has 0 aliphatic heterocycles. The fourth-order valence-electron chi connectivity index (χ4n) is 3.45. The summed E-state index contributed by atoms with van der Waals surface area (Å²) in [6.45, 7) is 0.331. The number of amides is 1. The summed E-state index contributed by atoms with van der Waals surface area (Å²) in [4.78, 5) is 13.9. The van der Waals surface area contributed by atoms with Crippen LogP contribution < -0.4 is 5.73 Å². The minimum atomic E-state index is -4.92. The van der Waals surface area contributed by atoms with Crippen molar-refractivity contribution in [2.75, 3.05) is 26.7 Å². The van der Waals surface area contributed by atoms with Crippen LogP contribution in [0.4, 0.5) is 26.3 Å². The molecule has 0 saturated heterocycles. The SMILES string of the molecule is CN(CC(COCc1cc(C(F)(F)F)cc(C(F)(F)F)c1)c1ccccc1)C(=O)CCCCN. The van der Waals surface area contributed by atoms with Gasteiger partial charge in [-0.1, -0.05) is 30.3 Å². The predicted octanol–water partition coefficient (Wildman–Crippen LogP) is 5.61. The van der Waals surface area contributed by atoms with E-state index in [0.29, 0.717) is 31.5 Å². The van der Waals surface area contributed by atoms with Crippen LogP contribution in [0.25, 0.3) is 0 Å². The van der Waals surface area contributed by atoms with Gasteiger partial charge in [-0.3, -0.25) is 4.79 Å². The highest BCUT2D eigenvalue weighted by Crippen LogP contribution is 2.36. The highest BCUT2D eigenvalue weighted by Gasteiger charge is 2.36. The van der Waals surface area contributed by atoms with Crippen LogP contribution in [0, 0.1) is 0 Å². The van der Waals surface area contributed by atoms with E-state index in [4.69, 9.17) is 10.5 Å². The summed E-state index contributed by atoms with van der Waals surface area (Å²) in [6, 6.07) is 10.5. The van der Waals surface area contributed by atoms with E-state index in [2.05, 4.69) is 0 Å². The number of rotatable bonds is 11. The van der Waals surface area contributed by atoms with Crippen LogP contribution in [0.3, 0.4) is 0 Å². The van der Waals surface area contributed by atoms with Gasteiger partial charge in [0.2, 0.25) is 5.91 Å². The van der Waals surface area contributed by atoms with Crippen molar-refractivity contribution in [3.05, 3.63) is 70.8 Å². The lowest BCUT2D eigenvalue weighted by Gasteiger charge is -2.25. The lowest BCUT2D eigenvalue weighted by atomic mass is 9.99. The second-order valence-electron chi connectivity index (χ2n) is 8.06. The first-order chi connectivity index (χ1) is 15.9. The molecule has 2 aromatic carbocycles. The third-order valence-corrected chi connectivity index (χ3v) is 5.27. The summed E-state index contributed by atoms with van der Waals surface area (Å²) in [6.07, 6.45) is -8.13. The molecule has 1 amide bonds. The van der Waals surface area contributed by atoms with Crippen molar-refractivity contribution in [2.24, 2.45) is 5.73 Å². The van der Waals surface area contributed by atoms with E-state index in [-0.39, 0.29) is 36.6 Å². The van der Waals surface area contributed by atoms with Gasteiger partial charge < -0.3 is 15.4 Å². The van der Waals surface area contributed by atoms with E-state index in [1.807, 2.05) is 18.2 Å². The molecule has 34 heavy (non-hydrogen) atoms. The number of unbranched alkanes of at least 4 members (excludes halogenated alkanes) is 1. The number of hydrogen-bond acceptors (Lipinski definition) is 3. The first kappa shape index (κ1) is 27.7. The monoisotopic (exact) mass is 490 g/mol. The lowest BCUT2D eigenvalue weighted by molar-refractivity contribution is -0.143. The number of nitrogens with two attached hydrogens (primary N) is 1. The Morgan fingerprint density at radius 2 is 1.56 bits per heavy atom. The second kappa shape index (κ2) is 12.2. The third kappa shape index (κ3) is 8.64. The summed E-state index contributed by atoms with van der Waals surface area (Å²) in [5, 5.41) is 0. The molecule has 0 radical (unpaired) electrons. The summed E-state index contributed by atoms with van der Waals surface area (Å²) >= 11 is 0. The quantitative estimate of drug-likeness (QED) is 0.329. The van der Waals surface area contributed by atoms with Crippen molar-refractivity contribution >= 4 is 5.91 Å². The normalized spacial score (nSPS) is 13.1. The van der Waals surface area contributed by atoms with E-state index in [9.17, 15) is 31.1 Å². The number of benzene rings is 2. The van der Waals surface area contributed by atoms with Crippen LogP contribution in [0.2, 0.25) is 0 Å². The van der Waals surface area contributed by atoms with Gasteiger partial charge in [-0.2, -0.15) is 26.3 Å². The van der Waals surface area contributed by atoms with Crippen LogP contribution >= 0.6 is 0 Å². The highest BCUT2D eigenvalue weighted by atomic mass is 19.4. The fourth-order valence-corrected chi connectivity index (χ4v) is 3.45. The van der Waals surface area contributed by atoms with Crippen molar-refractivity contribution in [3.8, 4) is 0 Å². The summed E-state index contributed by atoms with van der Waals surface area (Å²) < 4.78 is 84.1. The maximum atomic E-state index is 13.1. The topological polar surface area (TPSA) is 55.6 Å². The van der Waals surface area contributed by atoms with Gasteiger partial charge in [0.15, 0.2) is 0 Å². The van der Waals surface area contributed by atoms with E-state index in [1.54, 1.807) is 24.1 Å². The number of halogens is 6.